The molecule has 3 N–H and O–H groups in total. The first kappa shape index (κ1) is 19.0. The minimum Gasteiger partial charge on any atom is -0.440 e. The van der Waals surface area contributed by atoms with Crippen LogP contribution in [0, 0.1) is 6.92 Å². The highest BCUT2D eigenvalue weighted by Gasteiger charge is 2.28. The third-order valence-corrected chi connectivity index (χ3v) is 4.13. The molecule has 0 fully saturated rings. The van der Waals surface area contributed by atoms with Crippen molar-refractivity contribution in [3.63, 3.8) is 0 Å². The first-order valence-electron chi connectivity index (χ1n) is 8.67. The SMILES string of the molecule is Cc1nc(C(=O)NC(Cc2ccccc2)C(=O)C(N)=O)c(-c2ccccc2)o1. The molecule has 142 valence electrons. The van der Waals surface area contributed by atoms with E-state index in [4.69, 9.17) is 10.2 Å². The number of oxazole rings is 1. The van der Waals surface area contributed by atoms with Crippen LogP contribution in [0.25, 0.3) is 11.3 Å². The van der Waals surface area contributed by atoms with Gasteiger partial charge in [0.25, 0.3) is 11.8 Å². The highest BCUT2D eigenvalue weighted by molar-refractivity contribution is 6.38. The van der Waals surface area contributed by atoms with E-state index >= 15 is 0 Å². The van der Waals surface area contributed by atoms with E-state index in [0.29, 0.717) is 17.2 Å². The van der Waals surface area contributed by atoms with Gasteiger partial charge < -0.3 is 15.5 Å². The largest absolute Gasteiger partial charge is 0.440 e. The van der Waals surface area contributed by atoms with Gasteiger partial charge in [0.05, 0.1) is 0 Å². The summed E-state index contributed by atoms with van der Waals surface area (Å²) in [5.41, 5.74) is 6.65. The van der Waals surface area contributed by atoms with Gasteiger partial charge in [0.1, 0.15) is 6.04 Å². The maximum Gasteiger partial charge on any atom is 0.287 e. The molecule has 1 aromatic heterocycles. The molecule has 1 unspecified atom stereocenters. The lowest BCUT2D eigenvalue weighted by Crippen LogP contribution is -2.47. The van der Waals surface area contributed by atoms with E-state index in [1.54, 1.807) is 43.3 Å². The number of nitrogens with two attached hydrogens (primary N) is 1. The number of aryl methyl sites for hydroxylation is 1. The fraction of sp³-hybridized carbons (Fsp3) is 0.143. The quantitative estimate of drug-likeness (QED) is 0.612. The molecule has 0 saturated heterocycles. The van der Waals surface area contributed by atoms with E-state index in [1.807, 2.05) is 24.3 Å². The van der Waals surface area contributed by atoms with Crippen molar-refractivity contribution in [1.29, 1.82) is 0 Å². The van der Waals surface area contributed by atoms with Crippen LogP contribution in [0.1, 0.15) is 21.9 Å². The van der Waals surface area contributed by atoms with E-state index in [1.165, 1.54) is 0 Å². The van der Waals surface area contributed by atoms with Crippen molar-refractivity contribution in [2.24, 2.45) is 5.73 Å². The Balaban J connectivity index is 1.88. The number of hydrogen-bond acceptors (Lipinski definition) is 5. The van der Waals surface area contributed by atoms with Gasteiger partial charge >= 0.3 is 0 Å². The molecule has 7 heteroatoms. The Morgan fingerprint density at radius 2 is 1.64 bits per heavy atom. The third kappa shape index (κ3) is 4.32. The minimum atomic E-state index is -1.11. The van der Waals surface area contributed by atoms with Gasteiger partial charge in [-0.05, 0) is 5.56 Å². The van der Waals surface area contributed by atoms with E-state index in [0.717, 1.165) is 5.56 Å². The summed E-state index contributed by atoms with van der Waals surface area (Å²) in [7, 11) is 0. The Kier molecular flexibility index (Phi) is 5.64. The average Bonchev–Trinajstić information content (AvgIpc) is 3.10. The Bertz CT molecular complexity index is 997. The smallest absolute Gasteiger partial charge is 0.287 e. The van der Waals surface area contributed by atoms with Crippen LogP contribution in [0.15, 0.2) is 65.1 Å². The molecule has 0 spiro atoms. The highest BCUT2D eigenvalue weighted by Crippen LogP contribution is 2.24. The molecule has 0 saturated carbocycles. The summed E-state index contributed by atoms with van der Waals surface area (Å²) < 4.78 is 5.58. The summed E-state index contributed by atoms with van der Waals surface area (Å²) >= 11 is 0. The fourth-order valence-electron chi connectivity index (χ4n) is 2.82. The molecule has 0 radical (unpaired) electrons. The second-order valence-electron chi connectivity index (χ2n) is 6.22. The van der Waals surface area contributed by atoms with Gasteiger partial charge in [-0.25, -0.2) is 4.98 Å². The molecule has 0 aliphatic carbocycles. The van der Waals surface area contributed by atoms with Crippen molar-refractivity contribution in [3.05, 3.63) is 77.8 Å². The van der Waals surface area contributed by atoms with Gasteiger partial charge in [0.2, 0.25) is 5.78 Å². The number of carbonyl (C=O) groups excluding carboxylic acids is 3. The van der Waals surface area contributed by atoms with E-state index in [-0.39, 0.29) is 12.1 Å². The standard InChI is InChI=1S/C21H19N3O4/c1-13-23-17(19(28-13)15-10-6-3-7-11-15)21(27)24-16(18(25)20(22)26)12-14-8-4-2-5-9-14/h2-11,16H,12H2,1H3,(H2,22,26)(H,24,27). The lowest BCUT2D eigenvalue weighted by Gasteiger charge is -2.16. The number of nitrogens with one attached hydrogen (secondary N) is 1. The van der Waals surface area contributed by atoms with Gasteiger partial charge in [0, 0.05) is 18.9 Å². The zero-order valence-corrected chi connectivity index (χ0v) is 15.2. The molecule has 1 atom stereocenters. The minimum absolute atomic E-state index is 0.0408. The number of primary amides is 1. The number of hydrogen-bond donors (Lipinski definition) is 2. The molecule has 0 bridgehead atoms. The van der Waals surface area contributed by atoms with E-state index < -0.39 is 23.6 Å². The summed E-state index contributed by atoms with van der Waals surface area (Å²) in [6, 6.07) is 17.0. The number of nitrogens with zero attached hydrogens (tertiary/aromatic N) is 1. The average molecular weight is 377 g/mol. The zero-order valence-electron chi connectivity index (χ0n) is 15.2. The van der Waals surface area contributed by atoms with Crippen LogP contribution in [0.2, 0.25) is 0 Å². The third-order valence-electron chi connectivity index (χ3n) is 4.13. The molecule has 0 aliphatic rings. The number of aromatic nitrogens is 1. The van der Waals surface area contributed by atoms with Gasteiger partial charge in [-0.15, -0.1) is 0 Å². The number of benzene rings is 2. The lowest BCUT2D eigenvalue weighted by molar-refractivity contribution is -0.137. The summed E-state index contributed by atoms with van der Waals surface area (Å²) in [6.45, 7) is 1.62. The molecular formula is C21H19N3O4. The Morgan fingerprint density at radius 3 is 2.25 bits per heavy atom. The molecule has 28 heavy (non-hydrogen) atoms. The lowest BCUT2D eigenvalue weighted by atomic mass is 10.0. The molecule has 2 aromatic carbocycles. The van der Waals surface area contributed by atoms with Crippen LogP contribution < -0.4 is 11.1 Å². The Morgan fingerprint density at radius 1 is 1.04 bits per heavy atom. The van der Waals surface area contributed by atoms with Crippen molar-refractivity contribution in [1.82, 2.24) is 10.3 Å². The fourth-order valence-corrected chi connectivity index (χ4v) is 2.82. The topological polar surface area (TPSA) is 115 Å². The Labute approximate surface area is 161 Å². The molecule has 0 aliphatic heterocycles. The van der Waals surface area contributed by atoms with Crippen LogP contribution in [0.5, 0.6) is 0 Å². The van der Waals surface area contributed by atoms with Crippen LogP contribution in [0.3, 0.4) is 0 Å². The first-order valence-corrected chi connectivity index (χ1v) is 8.67. The second kappa shape index (κ2) is 8.30. The molecule has 3 aromatic rings. The van der Waals surface area contributed by atoms with Crippen molar-refractivity contribution >= 4 is 17.6 Å². The van der Waals surface area contributed by atoms with Crippen LogP contribution in [0.4, 0.5) is 0 Å². The normalized spacial score (nSPS) is 11.6. The van der Waals surface area contributed by atoms with Gasteiger partial charge in [-0.3, -0.25) is 14.4 Å². The number of amides is 2. The van der Waals surface area contributed by atoms with Crippen molar-refractivity contribution in [2.75, 3.05) is 0 Å². The highest BCUT2D eigenvalue weighted by atomic mass is 16.4. The van der Waals surface area contributed by atoms with Gasteiger partial charge in [-0.1, -0.05) is 60.7 Å². The molecule has 7 nitrogen and oxygen atoms in total. The maximum atomic E-state index is 12.8. The van der Waals surface area contributed by atoms with Crippen molar-refractivity contribution in [2.45, 2.75) is 19.4 Å². The Hall–Kier alpha value is -3.74. The number of ketones is 1. The van der Waals surface area contributed by atoms with Gasteiger partial charge in [-0.2, -0.15) is 0 Å². The summed E-state index contributed by atoms with van der Waals surface area (Å²) in [4.78, 5) is 40.7. The molecule has 1 heterocycles. The van der Waals surface area contributed by atoms with E-state index in [2.05, 4.69) is 10.3 Å². The summed E-state index contributed by atoms with van der Waals surface area (Å²) in [5, 5.41) is 2.57. The number of Topliss-reactive ketones (excluding diaryl/α,β-unsaturated/α-hetero) is 1. The zero-order chi connectivity index (χ0) is 20.1. The van der Waals surface area contributed by atoms with Crippen molar-refractivity contribution < 1.29 is 18.8 Å². The first-order chi connectivity index (χ1) is 13.5. The van der Waals surface area contributed by atoms with Gasteiger partial charge in [0.15, 0.2) is 17.3 Å². The second-order valence-corrected chi connectivity index (χ2v) is 6.22. The predicted octanol–water partition coefficient (Wildman–Crippen LogP) is 2.05. The molecular weight excluding hydrogens is 358 g/mol. The summed E-state index contributed by atoms with van der Waals surface area (Å²) in [5.74, 6) is -2.00. The molecule has 3 rings (SSSR count). The molecule has 2 amide bonds. The van der Waals surface area contributed by atoms with Crippen molar-refractivity contribution in [3.8, 4) is 11.3 Å². The predicted molar refractivity (Wildman–Crippen MR) is 102 cm³/mol. The number of rotatable bonds is 7. The van der Waals surface area contributed by atoms with Crippen LogP contribution in [-0.4, -0.2) is 28.6 Å². The van der Waals surface area contributed by atoms with Crippen LogP contribution >= 0.6 is 0 Å². The van der Waals surface area contributed by atoms with E-state index in [9.17, 15) is 14.4 Å². The number of carbonyl (C=O) groups is 3. The maximum absolute atomic E-state index is 12.8. The van der Waals surface area contributed by atoms with Crippen LogP contribution in [-0.2, 0) is 16.0 Å². The monoisotopic (exact) mass is 377 g/mol. The summed E-state index contributed by atoms with van der Waals surface area (Å²) in [6.07, 6.45) is 0.131.